The Balaban J connectivity index is 1.79. The van der Waals surface area contributed by atoms with E-state index in [-0.39, 0.29) is 24.3 Å². The van der Waals surface area contributed by atoms with Gasteiger partial charge in [0.05, 0.1) is 6.42 Å². The first-order chi connectivity index (χ1) is 11.4. The van der Waals surface area contributed by atoms with Crippen molar-refractivity contribution in [3.05, 3.63) is 29.8 Å². The summed E-state index contributed by atoms with van der Waals surface area (Å²) in [5.74, 6) is -0.836. The lowest BCUT2D eigenvalue weighted by Crippen LogP contribution is -2.41. The lowest BCUT2D eigenvalue weighted by atomic mass is 10.1. The van der Waals surface area contributed by atoms with Gasteiger partial charge in [0.2, 0.25) is 5.91 Å². The second-order valence-corrected chi connectivity index (χ2v) is 6.18. The molecule has 1 aliphatic carbocycles. The highest BCUT2D eigenvalue weighted by Gasteiger charge is 2.23. The first kappa shape index (κ1) is 18.0. The third-order valence-corrected chi connectivity index (χ3v) is 4.00. The number of ether oxygens (including phenoxy) is 1. The van der Waals surface area contributed by atoms with Crippen molar-refractivity contribution in [2.75, 3.05) is 5.32 Å². The fraction of sp³-hybridized carbons (Fsp3) is 0.500. The molecule has 2 amide bonds. The maximum absolute atomic E-state index is 12.0. The minimum absolute atomic E-state index is 0.0847. The van der Waals surface area contributed by atoms with Gasteiger partial charge in [0.15, 0.2) is 6.10 Å². The molecule has 24 heavy (non-hydrogen) atoms. The van der Waals surface area contributed by atoms with Crippen LogP contribution in [0.5, 0.6) is 0 Å². The molecule has 0 aromatic heterocycles. The van der Waals surface area contributed by atoms with E-state index in [0.29, 0.717) is 5.69 Å². The lowest BCUT2D eigenvalue weighted by Gasteiger charge is -2.17. The molecule has 6 heteroatoms. The monoisotopic (exact) mass is 332 g/mol. The molecule has 6 nitrogen and oxygen atoms in total. The van der Waals surface area contributed by atoms with Gasteiger partial charge in [-0.15, -0.1) is 0 Å². The van der Waals surface area contributed by atoms with E-state index in [9.17, 15) is 14.4 Å². The van der Waals surface area contributed by atoms with Crippen LogP contribution >= 0.6 is 0 Å². The van der Waals surface area contributed by atoms with Gasteiger partial charge in [-0.3, -0.25) is 14.4 Å². The topological polar surface area (TPSA) is 84.5 Å². The van der Waals surface area contributed by atoms with Gasteiger partial charge in [-0.2, -0.15) is 0 Å². The third kappa shape index (κ3) is 5.68. The van der Waals surface area contributed by atoms with Gasteiger partial charge >= 0.3 is 5.97 Å². The van der Waals surface area contributed by atoms with Crippen LogP contribution in [-0.2, 0) is 25.5 Å². The first-order valence-electron chi connectivity index (χ1n) is 8.30. The van der Waals surface area contributed by atoms with Crippen molar-refractivity contribution in [1.82, 2.24) is 5.32 Å². The smallest absolute Gasteiger partial charge is 0.311 e. The number of carbonyl (C=O) groups excluding carboxylic acids is 3. The molecule has 1 aromatic carbocycles. The fourth-order valence-electron chi connectivity index (χ4n) is 2.76. The van der Waals surface area contributed by atoms with Crippen molar-refractivity contribution in [3.8, 4) is 0 Å². The Morgan fingerprint density at radius 3 is 2.38 bits per heavy atom. The predicted molar refractivity (Wildman–Crippen MR) is 90.4 cm³/mol. The second kappa shape index (κ2) is 8.47. The van der Waals surface area contributed by atoms with E-state index >= 15 is 0 Å². The number of esters is 1. The molecule has 0 aliphatic heterocycles. The summed E-state index contributed by atoms with van der Waals surface area (Å²) in [4.78, 5) is 34.9. The van der Waals surface area contributed by atoms with Gasteiger partial charge < -0.3 is 15.4 Å². The minimum Gasteiger partial charge on any atom is -0.452 e. The van der Waals surface area contributed by atoms with Crippen molar-refractivity contribution >= 4 is 23.5 Å². The Labute approximate surface area is 142 Å². The summed E-state index contributed by atoms with van der Waals surface area (Å²) in [6.45, 7) is 3.02. The zero-order valence-corrected chi connectivity index (χ0v) is 14.1. The number of carbonyl (C=O) groups is 3. The van der Waals surface area contributed by atoms with Crippen LogP contribution < -0.4 is 10.6 Å². The summed E-state index contributed by atoms with van der Waals surface area (Å²) in [6.07, 6.45) is 3.54. The molecule has 0 saturated heterocycles. The van der Waals surface area contributed by atoms with Crippen LogP contribution in [0, 0.1) is 0 Å². The molecule has 0 unspecified atom stereocenters. The Hall–Kier alpha value is -2.37. The van der Waals surface area contributed by atoms with Gasteiger partial charge in [-0.1, -0.05) is 25.0 Å². The van der Waals surface area contributed by atoms with Gasteiger partial charge in [0.1, 0.15) is 0 Å². The Kier molecular flexibility index (Phi) is 6.35. The van der Waals surface area contributed by atoms with E-state index < -0.39 is 12.1 Å². The number of hydrogen-bond acceptors (Lipinski definition) is 4. The Bertz CT molecular complexity index is 592. The predicted octanol–water partition coefficient (Wildman–Crippen LogP) is 2.18. The second-order valence-electron chi connectivity index (χ2n) is 6.18. The molecular formula is C18H24N2O4. The SMILES string of the molecule is CC(=O)Nc1ccc(CC(=O)O[C@H](C)C(=O)NC2CCCC2)cc1. The summed E-state index contributed by atoms with van der Waals surface area (Å²) in [5, 5.41) is 5.58. The largest absolute Gasteiger partial charge is 0.452 e. The van der Waals surface area contributed by atoms with Crippen LogP contribution in [0.2, 0.25) is 0 Å². The third-order valence-electron chi connectivity index (χ3n) is 4.00. The molecule has 0 heterocycles. The highest BCUT2D eigenvalue weighted by molar-refractivity contribution is 5.88. The maximum atomic E-state index is 12.0. The van der Waals surface area contributed by atoms with E-state index in [2.05, 4.69) is 10.6 Å². The van der Waals surface area contributed by atoms with E-state index in [1.807, 2.05) is 0 Å². The molecular weight excluding hydrogens is 308 g/mol. The first-order valence-corrected chi connectivity index (χ1v) is 8.30. The van der Waals surface area contributed by atoms with Crippen molar-refractivity contribution in [2.24, 2.45) is 0 Å². The Morgan fingerprint density at radius 2 is 1.79 bits per heavy atom. The number of anilines is 1. The molecule has 1 aromatic rings. The quantitative estimate of drug-likeness (QED) is 0.782. The summed E-state index contributed by atoms with van der Waals surface area (Å²) in [6, 6.07) is 7.14. The summed E-state index contributed by atoms with van der Waals surface area (Å²) in [5.41, 5.74) is 1.43. The average Bonchev–Trinajstić information content (AvgIpc) is 3.01. The van der Waals surface area contributed by atoms with Crippen molar-refractivity contribution in [2.45, 2.75) is 58.1 Å². The zero-order valence-electron chi connectivity index (χ0n) is 14.1. The molecule has 130 valence electrons. The van der Waals surface area contributed by atoms with Crippen molar-refractivity contribution < 1.29 is 19.1 Å². The molecule has 0 radical (unpaired) electrons. The molecule has 2 rings (SSSR count). The molecule has 1 saturated carbocycles. The molecule has 2 N–H and O–H groups in total. The van der Waals surface area contributed by atoms with Crippen LogP contribution in [0.4, 0.5) is 5.69 Å². The number of nitrogens with one attached hydrogen (secondary N) is 2. The fourth-order valence-corrected chi connectivity index (χ4v) is 2.76. The number of hydrogen-bond donors (Lipinski definition) is 2. The van der Waals surface area contributed by atoms with Crippen molar-refractivity contribution in [1.29, 1.82) is 0 Å². The highest BCUT2D eigenvalue weighted by atomic mass is 16.5. The normalized spacial score (nSPS) is 15.6. The maximum Gasteiger partial charge on any atom is 0.311 e. The minimum atomic E-state index is -0.795. The van der Waals surface area contributed by atoms with E-state index in [1.54, 1.807) is 31.2 Å². The standard InChI is InChI=1S/C18H24N2O4/c1-12(18(23)20-15-5-3-4-6-15)24-17(22)11-14-7-9-16(10-8-14)19-13(2)21/h7-10,12,15H,3-6,11H2,1-2H3,(H,19,21)(H,20,23)/t12-/m1/s1. The number of amides is 2. The number of rotatable bonds is 6. The Morgan fingerprint density at radius 1 is 1.17 bits per heavy atom. The van der Waals surface area contributed by atoms with Crippen LogP contribution in [0.15, 0.2) is 24.3 Å². The summed E-state index contributed by atoms with van der Waals surface area (Å²) < 4.78 is 5.20. The highest BCUT2D eigenvalue weighted by Crippen LogP contribution is 2.18. The van der Waals surface area contributed by atoms with Crippen LogP contribution in [0.1, 0.15) is 45.1 Å². The molecule has 1 atom stereocenters. The molecule has 1 aliphatic rings. The van der Waals surface area contributed by atoms with Gasteiger partial charge in [0.25, 0.3) is 5.91 Å². The van der Waals surface area contributed by atoms with Crippen LogP contribution in [0.3, 0.4) is 0 Å². The zero-order chi connectivity index (χ0) is 17.5. The van der Waals surface area contributed by atoms with Gasteiger partial charge in [0, 0.05) is 18.7 Å². The van der Waals surface area contributed by atoms with Crippen LogP contribution in [0.25, 0.3) is 0 Å². The van der Waals surface area contributed by atoms with E-state index in [4.69, 9.17) is 4.74 Å². The van der Waals surface area contributed by atoms with Gasteiger partial charge in [-0.25, -0.2) is 0 Å². The lowest BCUT2D eigenvalue weighted by molar-refractivity contribution is -0.154. The molecule has 1 fully saturated rings. The van der Waals surface area contributed by atoms with E-state index in [1.165, 1.54) is 6.92 Å². The summed E-state index contributed by atoms with van der Waals surface area (Å²) >= 11 is 0. The molecule has 0 spiro atoms. The molecule has 0 bridgehead atoms. The van der Waals surface area contributed by atoms with E-state index in [0.717, 1.165) is 31.2 Å². The van der Waals surface area contributed by atoms with Gasteiger partial charge in [-0.05, 0) is 37.5 Å². The summed E-state index contributed by atoms with van der Waals surface area (Å²) in [7, 11) is 0. The number of benzene rings is 1. The van der Waals surface area contributed by atoms with Crippen molar-refractivity contribution in [3.63, 3.8) is 0 Å². The van der Waals surface area contributed by atoms with Crippen LogP contribution in [-0.4, -0.2) is 29.9 Å². The average molecular weight is 332 g/mol.